The molecule has 3 heterocycles. The van der Waals surface area contributed by atoms with Crippen molar-refractivity contribution >= 4 is 29.1 Å². The number of carbonyl (C=O) groups excluding carboxylic acids is 1. The fourth-order valence-corrected chi connectivity index (χ4v) is 3.61. The number of hydrogen-bond donors (Lipinski definition) is 0. The molecule has 0 spiro atoms. The van der Waals surface area contributed by atoms with Gasteiger partial charge in [0.05, 0.1) is 35.5 Å². The summed E-state index contributed by atoms with van der Waals surface area (Å²) in [5.41, 5.74) is 1.08. The first-order valence-electron chi connectivity index (χ1n) is 8.67. The Hall–Kier alpha value is -2.64. The lowest BCUT2D eigenvalue weighted by Gasteiger charge is -2.34. The highest BCUT2D eigenvalue weighted by molar-refractivity contribution is 6.43. The fraction of sp³-hybridized carbons (Fsp3) is 0.263. The number of fused-ring (bicyclic) bond motifs is 1. The number of halogens is 2. The van der Waals surface area contributed by atoms with Gasteiger partial charge in [0, 0.05) is 12.6 Å². The van der Waals surface area contributed by atoms with E-state index in [0.717, 1.165) is 0 Å². The average Bonchev–Trinajstić information content (AvgIpc) is 3.11. The summed E-state index contributed by atoms with van der Waals surface area (Å²) in [6.45, 7) is 2.85. The Morgan fingerprint density at radius 3 is 2.75 bits per heavy atom. The molecule has 1 atom stereocenters. The van der Waals surface area contributed by atoms with E-state index >= 15 is 0 Å². The van der Waals surface area contributed by atoms with Gasteiger partial charge in [0.15, 0.2) is 11.6 Å². The van der Waals surface area contributed by atoms with Gasteiger partial charge in [-0.2, -0.15) is 0 Å². The standard InChI is InChI=1S/C19H17Cl2N5O2/c1-11-9-26-16(23-24-18(26)15-7-6-12(28-2)8-22-15)10-25(11)19(27)13-4-3-5-14(20)17(13)21/h3-8,11H,9-10H2,1-2H3. The van der Waals surface area contributed by atoms with E-state index in [-0.39, 0.29) is 17.0 Å². The van der Waals surface area contributed by atoms with E-state index in [1.54, 1.807) is 36.4 Å². The van der Waals surface area contributed by atoms with Crippen LogP contribution < -0.4 is 4.74 Å². The number of amides is 1. The monoisotopic (exact) mass is 417 g/mol. The van der Waals surface area contributed by atoms with Crippen LogP contribution in [-0.4, -0.2) is 43.7 Å². The van der Waals surface area contributed by atoms with Crippen molar-refractivity contribution in [2.24, 2.45) is 0 Å². The van der Waals surface area contributed by atoms with E-state index in [9.17, 15) is 4.79 Å². The Bertz CT molecular complexity index is 1040. The summed E-state index contributed by atoms with van der Waals surface area (Å²) in [5.74, 6) is 1.85. The fourth-order valence-electron chi connectivity index (χ4n) is 3.23. The third-order valence-corrected chi connectivity index (χ3v) is 5.58. The number of hydrogen-bond acceptors (Lipinski definition) is 5. The molecule has 0 aliphatic carbocycles. The maximum absolute atomic E-state index is 13.0. The highest BCUT2D eigenvalue weighted by Gasteiger charge is 2.32. The average molecular weight is 418 g/mol. The lowest BCUT2D eigenvalue weighted by molar-refractivity contribution is 0.0612. The quantitative estimate of drug-likeness (QED) is 0.649. The third-order valence-electron chi connectivity index (χ3n) is 4.76. The van der Waals surface area contributed by atoms with Crippen molar-refractivity contribution in [3.8, 4) is 17.3 Å². The smallest absolute Gasteiger partial charge is 0.256 e. The first-order valence-corrected chi connectivity index (χ1v) is 9.42. The number of nitrogens with zero attached hydrogens (tertiary/aromatic N) is 5. The van der Waals surface area contributed by atoms with Gasteiger partial charge in [0.2, 0.25) is 0 Å². The normalized spacial score (nSPS) is 16.0. The summed E-state index contributed by atoms with van der Waals surface area (Å²) in [5, 5.41) is 9.16. The summed E-state index contributed by atoms with van der Waals surface area (Å²) < 4.78 is 7.14. The van der Waals surface area contributed by atoms with E-state index in [1.165, 1.54) is 0 Å². The maximum Gasteiger partial charge on any atom is 0.256 e. The molecule has 0 saturated heterocycles. The maximum atomic E-state index is 13.0. The van der Waals surface area contributed by atoms with Crippen molar-refractivity contribution in [2.75, 3.05) is 7.11 Å². The van der Waals surface area contributed by atoms with Crippen LogP contribution in [0.1, 0.15) is 23.1 Å². The van der Waals surface area contributed by atoms with Gasteiger partial charge in [0.1, 0.15) is 11.4 Å². The molecule has 0 bridgehead atoms. The lowest BCUT2D eigenvalue weighted by atomic mass is 10.1. The van der Waals surface area contributed by atoms with Gasteiger partial charge in [-0.15, -0.1) is 10.2 Å². The predicted molar refractivity (Wildman–Crippen MR) is 106 cm³/mol. The molecule has 1 aliphatic heterocycles. The minimum atomic E-state index is -0.182. The second-order valence-corrected chi connectivity index (χ2v) is 7.30. The Labute approximate surface area is 171 Å². The van der Waals surface area contributed by atoms with E-state index in [1.807, 2.05) is 23.6 Å². The van der Waals surface area contributed by atoms with E-state index in [4.69, 9.17) is 27.9 Å². The van der Waals surface area contributed by atoms with Crippen molar-refractivity contribution in [2.45, 2.75) is 26.1 Å². The molecule has 0 radical (unpaired) electrons. The molecule has 1 unspecified atom stereocenters. The number of aromatic nitrogens is 4. The minimum absolute atomic E-state index is 0.0805. The van der Waals surface area contributed by atoms with Crippen molar-refractivity contribution in [3.05, 3.63) is 58.0 Å². The molecule has 4 rings (SSSR count). The summed E-state index contributed by atoms with van der Waals surface area (Å²) in [4.78, 5) is 19.2. The molecule has 2 aromatic heterocycles. The highest BCUT2D eigenvalue weighted by Crippen LogP contribution is 2.30. The van der Waals surface area contributed by atoms with Gasteiger partial charge in [-0.3, -0.25) is 4.79 Å². The summed E-state index contributed by atoms with van der Waals surface area (Å²) in [7, 11) is 1.59. The van der Waals surface area contributed by atoms with Gasteiger partial charge in [-0.05, 0) is 31.2 Å². The topological polar surface area (TPSA) is 73.1 Å². The number of pyridine rings is 1. The molecular formula is C19H17Cl2N5O2. The number of rotatable bonds is 3. The second-order valence-electron chi connectivity index (χ2n) is 6.52. The van der Waals surface area contributed by atoms with E-state index in [0.29, 0.717) is 46.8 Å². The lowest BCUT2D eigenvalue weighted by Crippen LogP contribution is -2.45. The van der Waals surface area contributed by atoms with Crippen LogP contribution in [0.2, 0.25) is 10.0 Å². The van der Waals surface area contributed by atoms with Crippen LogP contribution in [-0.2, 0) is 13.1 Å². The molecule has 28 heavy (non-hydrogen) atoms. The zero-order valence-corrected chi connectivity index (χ0v) is 16.8. The molecule has 0 saturated carbocycles. The summed E-state index contributed by atoms with van der Waals surface area (Å²) in [6, 6.07) is 8.63. The zero-order chi connectivity index (χ0) is 19.8. The molecule has 1 amide bonds. The highest BCUT2D eigenvalue weighted by atomic mass is 35.5. The van der Waals surface area contributed by atoms with Crippen molar-refractivity contribution in [1.29, 1.82) is 0 Å². The Balaban J connectivity index is 1.63. The van der Waals surface area contributed by atoms with Crippen LogP contribution in [0.3, 0.4) is 0 Å². The van der Waals surface area contributed by atoms with Crippen LogP contribution in [0.4, 0.5) is 0 Å². The largest absolute Gasteiger partial charge is 0.495 e. The van der Waals surface area contributed by atoms with Gasteiger partial charge >= 0.3 is 0 Å². The SMILES string of the molecule is COc1ccc(-c2nnc3n2CC(C)N(C(=O)c2cccc(Cl)c2Cl)C3)nc1. The molecule has 0 N–H and O–H groups in total. The van der Waals surface area contributed by atoms with Gasteiger partial charge in [0.25, 0.3) is 5.91 Å². The molecule has 1 aromatic carbocycles. The first-order chi connectivity index (χ1) is 13.5. The van der Waals surface area contributed by atoms with E-state index in [2.05, 4.69) is 15.2 Å². The van der Waals surface area contributed by atoms with E-state index < -0.39 is 0 Å². The number of ether oxygens (including phenoxy) is 1. The molecule has 7 nitrogen and oxygen atoms in total. The van der Waals surface area contributed by atoms with Crippen LogP contribution in [0.25, 0.3) is 11.5 Å². The van der Waals surface area contributed by atoms with Crippen LogP contribution in [0.15, 0.2) is 36.5 Å². The predicted octanol–water partition coefficient (Wildman–Crippen LogP) is 3.70. The molecule has 9 heteroatoms. The summed E-state index contributed by atoms with van der Waals surface area (Å²) >= 11 is 12.3. The van der Waals surface area contributed by atoms with Crippen molar-refractivity contribution in [3.63, 3.8) is 0 Å². The third kappa shape index (κ3) is 3.21. The van der Waals surface area contributed by atoms with Crippen LogP contribution in [0, 0.1) is 0 Å². The Kier molecular flexibility index (Phi) is 4.95. The molecule has 144 valence electrons. The first kappa shape index (κ1) is 18.7. The number of benzene rings is 1. The van der Waals surface area contributed by atoms with Gasteiger partial charge in [-0.1, -0.05) is 29.3 Å². The van der Waals surface area contributed by atoms with Crippen LogP contribution >= 0.6 is 23.2 Å². The Morgan fingerprint density at radius 1 is 1.21 bits per heavy atom. The Morgan fingerprint density at radius 2 is 2.04 bits per heavy atom. The summed E-state index contributed by atoms with van der Waals surface area (Å²) in [6.07, 6.45) is 1.64. The van der Waals surface area contributed by atoms with Gasteiger partial charge in [-0.25, -0.2) is 4.98 Å². The molecule has 0 fully saturated rings. The minimum Gasteiger partial charge on any atom is -0.495 e. The molecular weight excluding hydrogens is 401 g/mol. The van der Waals surface area contributed by atoms with Crippen LogP contribution in [0.5, 0.6) is 5.75 Å². The number of carbonyl (C=O) groups is 1. The van der Waals surface area contributed by atoms with Gasteiger partial charge < -0.3 is 14.2 Å². The molecule has 3 aromatic rings. The molecule has 1 aliphatic rings. The van der Waals surface area contributed by atoms with Crippen molar-refractivity contribution < 1.29 is 9.53 Å². The second kappa shape index (κ2) is 7.41. The number of methoxy groups -OCH3 is 1. The zero-order valence-electron chi connectivity index (χ0n) is 15.3. The van der Waals surface area contributed by atoms with Crippen molar-refractivity contribution in [1.82, 2.24) is 24.6 Å².